The highest BCUT2D eigenvalue weighted by atomic mass is 32.1. The molecule has 21 heavy (non-hydrogen) atoms. The summed E-state index contributed by atoms with van der Waals surface area (Å²) in [5.41, 5.74) is 8.01. The molecule has 1 saturated heterocycles. The van der Waals surface area contributed by atoms with E-state index in [1.165, 1.54) is 16.9 Å². The van der Waals surface area contributed by atoms with Crippen LogP contribution in [0.5, 0.6) is 0 Å². The zero-order valence-corrected chi connectivity index (χ0v) is 13.2. The van der Waals surface area contributed by atoms with Gasteiger partial charge in [-0.1, -0.05) is 19.1 Å². The number of hydrogen-bond acceptors (Lipinski definition) is 4. The van der Waals surface area contributed by atoms with Crippen LogP contribution in [0.2, 0.25) is 0 Å². The summed E-state index contributed by atoms with van der Waals surface area (Å²) < 4.78 is 6.55. The van der Waals surface area contributed by atoms with Crippen molar-refractivity contribution in [1.82, 2.24) is 4.90 Å². The van der Waals surface area contributed by atoms with Gasteiger partial charge in [0, 0.05) is 16.6 Å². The van der Waals surface area contributed by atoms with Gasteiger partial charge in [-0.3, -0.25) is 4.79 Å². The van der Waals surface area contributed by atoms with Crippen molar-refractivity contribution < 1.29 is 9.53 Å². The Morgan fingerprint density at radius 3 is 3.10 bits per heavy atom. The van der Waals surface area contributed by atoms with E-state index in [0.717, 1.165) is 16.5 Å². The highest BCUT2D eigenvalue weighted by Gasteiger charge is 2.29. The highest BCUT2D eigenvalue weighted by molar-refractivity contribution is 7.21. The van der Waals surface area contributed by atoms with E-state index in [-0.39, 0.29) is 11.9 Å². The van der Waals surface area contributed by atoms with Gasteiger partial charge < -0.3 is 15.4 Å². The molecule has 1 unspecified atom stereocenters. The van der Waals surface area contributed by atoms with E-state index >= 15 is 0 Å². The van der Waals surface area contributed by atoms with Gasteiger partial charge in [-0.25, -0.2) is 0 Å². The SMILES string of the molecule is CCC1COCCN1C(=O)c1sc2cc(C)ccc2c1N. The number of anilines is 1. The van der Waals surface area contributed by atoms with Gasteiger partial charge in [-0.15, -0.1) is 11.3 Å². The van der Waals surface area contributed by atoms with Crippen LogP contribution >= 0.6 is 11.3 Å². The summed E-state index contributed by atoms with van der Waals surface area (Å²) in [7, 11) is 0. The second-order valence-corrected chi connectivity index (χ2v) is 6.53. The standard InChI is InChI=1S/C16H20N2O2S/c1-3-11-9-20-7-6-18(11)16(19)15-14(17)12-5-4-10(2)8-13(12)21-15/h4-5,8,11H,3,6-7,9,17H2,1-2H3. The maximum Gasteiger partial charge on any atom is 0.266 e. The molecule has 5 heteroatoms. The van der Waals surface area contributed by atoms with Crippen LogP contribution in [0.1, 0.15) is 28.6 Å². The average molecular weight is 304 g/mol. The Labute approximate surface area is 128 Å². The van der Waals surface area contributed by atoms with Crippen LogP contribution in [0.4, 0.5) is 5.69 Å². The smallest absolute Gasteiger partial charge is 0.266 e. The molecule has 2 aromatic rings. The number of nitrogens with two attached hydrogens (primary N) is 1. The quantitative estimate of drug-likeness (QED) is 0.928. The van der Waals surface area contributed by atoms with Crippen LogP contribution in [0, 0.1) is 6.92 Å². The van der Waals surface area contributed by atoms with Crippen molar-refractivity contribution in [1.29, 1.82) is 0 Å². The minimum atomic E-state index is 0.0431. The van der Waals surface area contributed by atoms with Crippen molar-refractivity contribution in [2.75, 3.05) is 25.5 Å². The zero-order chi connectivity index (χ0) is 15.0. The van der Waals surface area contributed by atoms with Gasteiger partial charge in [-0.2, -0.15) is 0 Å². The number of benzene rings is 1. The lowest BCUT2D eigenvalue weighted by Gasteiger charge is -2.34. The molecule has 1 aromatic carbocycles. The van der Waals surface area contributed by atoms with E-state index in [9.17, 15) is 4.79 Å². The second kappa shape index (κ2) is 5.66. The third-order valence-corrected chi connectivity index (χ3v) is 5.19. The van der Waals surface area contributed by atoms with Crippen LogP contribution in [0.25, 0.3) is 10.1 Å². The zero-order valence-electron chi connectivity index (χ0n) is 12.4. The molecular weight excluding hydrogens is 284 g/mol. The van der Waals surface area contributed by atoms with Crippen LogP contribution in [-0.2, 0) is 4.74 Å². The molecule has 0 saturated carbocycles. The van der Waals surface area contributed by atoms with Gasteiger partial charge in [-0.05, 0) is 25.0 Å². The number of fused-ring (bicyclic) bond motifs is 1. The van der Waals surface area contributed by atoms with Gasteiger partial charge in [0.1, 0.15) is 4.88 Å². The van der Waals surface area contributed by atoms with Gasteiger partial charge in [0.05, 0.1) is 24.9 Å². The summed E-state index contributed by atoms with van der Waals surface area (Å²) in [6, 6.07) is 6.27. The molecule has 1 aliphatic rings. The number of thiophene rings is 1. The number of hydrogen-bond donors (Lipinski definition) is 1. The minimum absolute atomic E-state index is 0.0431. The highest BCUT2D eigenvalue weighted by Crippen LogP contribution is 2.35. The number of aryl methyl sites for hydroxylation is 1. The Balaban J connectivity index is 1.99. The predicted molar refractivity (Wildman–Crippen MR) is 86.9 cm³/mol. The molecule has 0 radical (unpaired) electrons. The maximum atomic E-state index is 12.8. The normalized spacial score (nSPS) is 19.1. The fourth-order valence-corrected chi connectivity index (χ4v) is 3.95. The van der Waals surface area contributed by atoms with Gasteiger partial charge >= 0.3 is 0 Å². The number of morpholine rings is 1. The Hall–Kier alpha value is -1.59. The Morgan fingerprint density at radius 1 is 1.52 bits per heavy atom. The molecule has 2 N–H and O–H groups in total. The first-order valence-corrected chi connectivity index (χ1v) is 8.10. The third kappa shape index (κ3) is 2.51. The van der Waals surface area contributed by atoms with Crippen LogP contribution < -0.4 is 5.73 Å². The van der Waals surface area contributed by atoms with Gasteiger partial charge in [0.25, 0.3) is 5.91 Å². The number of amides is 1. The predicted octanol–water partition coefficient (Wildman–Crippen LogP) is 3.04. The minimum Gasteiger partial charge on any atom is -0.397 e. The number of nitrogens with zero attached hydrogens (tertiary/aromatic N) is 1. The summed E-state index contributed by atoms with van der Waals surface area (Å²) in [5, 5.41) is 0.982. The van der Waals surface area contributed by atoms with Crippen LogP contribution in [-0.4, -0.2) is 36.6 Å². The fraction of sp³-hybridized carbons (Fsp3) is 0.438. The summed E-state index contributed by atoms with van der Waals surface area (Å²) in [6.07, 6.45) is 0.898. The third-order valence-electron chi connectivity index (χ3n) is 4.04. The lowest BCUT2D eigenvalue weighted by Crippen LogP contribution is -2.48. The summed E-state index contributed by atoms with van der Waals surface area (Å²) in [5.74, 6) is 0.0431. The van der Waals surface area contributed by atoms with Crippen molar-refractivity contribution in [3.05, 3.63) is 28.6 Å². The van der Waals surface area contributed by atoms with Crippen molar-refractivity contribution in [2.45, 2.75) is 26.3 Å². The molecule has 4 nitrogen and oxygen atoms in total. The largest absolute Gasteiger partial charge is 0.397 e. The Kier molecular flexibility index (Phi) is 3.87. The van der Waals surface area contributed by atoms with Crippen LogP contribution in [0.3, 0.4) is 0 Å². The Bertz CT molecular complexity index is 680. The molecule has 1 amide bonds. The summed E-state index contributed by atoms with van der Waals surface area (Å²) in [6.45, 7) is 5.99. The van der Waals surface area contributed by atoms with Crippen molar-refractivity contribution in [3.63, 3.8) is 0 Å². The molecule has 1 aromatic heterocycles. The molecule has 112 valence electrons. The number of ether oxygens (including phenoxy) is 1. The lowest BCUT2D eigenvalue weighted by atomic mass is 10.1. The van der Waals surface area contributed by atoms with E-state index in [2.05, 4.69) is 13.0 Å². The number of nitrogen functional groups attached to an aromatic ring is 1. The van der Waals surface area contributed by atoms with E-state index < -0.39 is 0 Å². The first-order chi connectivity index (χ1) is 10.1. The van der Waals surface area contributed by atoms with E-state index in [0.29, 0.717) is 30.3 Å². The molecule has 0 bridgehead atoms. The first kappa shape index (κ1) is 14.4. The second-order valence-electron chi connectivity index (χ2n) is 5.48. The molecule has 3 rings (SSSR count). The number of carbonyl (C=O) groups excluding carboxylic acids is 1. The average Bonchev–Trinajstić information content (AvgIpc) is 2.82. The molecular formula is C16H20N2O2S. The van der Waals surface area contributed by atoms with E-state index in [1.54, 1.807) is 0 Å². The van der Waals surface area contributed by atoms with Gasteiger partial charge in [0.2, 0.25) is 0 Å². The molecule has 1 fully saturated rings. The molecule has 0 spiro atoms. The van der Waals surface area contributed by atoms with E-state index in [4.69, 9.17) is 10.5 Å². The first-order valence-electron chi connectivity index (χ1n) is 7.29. The Morgan fingerprint density at radius 2 is 2.33 bits per heavy atom. The summed E-state index contributed by atoms with van der Waals surface area (Å²) in [4.78, 5) is 15.4. The van der Waals surface area contributed by atoms with Crippen molar-refractivity contribution in [3.8, 4) is 0 Å². The van der Waals surface area contributed by atoms with Crippen molar-refractivity contribution >= 4 is 33.0 Å². The number of rotatable bonds is 2. The molecule has 1 atom stereocenters. The number of carbonyl (C=O) groups is 1. The molecule has 0 aliphatic carbocycles. The van der Waals surface area contributed by atoms with Gasteiger partial charge in [0.15, 0.2) is 0 Å². The van der Waals surface area contributed by atoms with Crippen molar-refractivity contribution in [2.24, 2.45) is 0 Å². The molecule has 2 heterocycles. The topological polar surface area (TPSA) is 55.6 Å². The maximum absolute atomic E-state index is 12.8. The lowest BCUT2D eigenvalue weighted by molar-refractivity contribution is -0.00248. The summed E-state index contributed by atoms with van der Waals surface area (Å²) >= 11 is 1.50. The molecule has 1 aliphatic heterocycles. The van der Waals surface area contributed by atoms with Crippen LogP contribution in [0.15, 0.2) is 18.2 Å². The van der Waals surface area contributed by atoms with E-state index in [1.807, 2.05) is 24.0 Å². The fourth-order valence-electron chi connectivity index (χ4n) is 2.77. The monoisotopic (exact) mass is 304 g/mol.